The molecule has 0 saturated heterocycles. The van der Waals surface area contributed by atoms with E-state index in [-0.39, 0.29) is 11.7 Å². The van der Waals surface area contributed by atoms with E-state index in [2.05, 4.69) is 15.5 Å². The highest BCUT2D eigenvalue weighted by molar-refractivity contribution is 7.99. The molecule has 0 aliphatic carbocycles. The van der Waals surface area contributed by atoms with Crippen LogP contribution in [0.4, 0.5) is 5.69 Å². The van der Waals surface area contributed by atoms with Crippen molar-refractivity contribution in [3.05, 3.63) is 64.9 Å². The molecule has 0 bridgehead atoms. The van der Waals surface area contributed by atoms with Crippen LogP contribution in [0.3, 0.4) is 0 Å². The van der Waals surface area contributed by atoms with Gasteiger partial charge in [-0.3, -0.25) is 4.79 Å². The lowest BCUT2D eigenvalue weighted by Gasteiger charge is -2.07. The van der Waals surface area contributed by atoms with Crippen molar-refractivity contribution < 1.29 is 9.53 Å². The number of carbonyl (C=O) groups is 1. The highest BCUT2D eigenvalue weighted by atomic mass is 35.5. The number of hydrogen-bond acceptors (Lipinski definition) is 5. The molecule has 1 N–H and O–H groups in total. The Morgan fingerprint density at radius 2 is 1.85 bits per heavy atom. The van der Waals surface area contributed by atoms with Crippen molar-refractivity contribution in [1.82, 2.24) is 14.8 Å². The number of nitrogens with zero attached hydrogens (tertiary/aromatic N) is 3. The van der Waals surface area contributed by atoms with Gasteiger partial charge in [0, 0.05) is 17.8 Å². The monoisotopic (exact) mass is 402 g/mol. The lowest BCUT2D eigenvalue weighted by Crippen LogP contribution is -2.14. The number of nitrogens with one attached hydrogen (secondary N) is 1. The molecule has 140 valence electrons. The van der Waals surface area contributed by atoms with Crippen molar-refractivity contribution in [3.63, 3.8) is 0 Å². The number of halogens is 1. The van der Waals surface area contributed by atoms with Crippen molar-refractivity contribution in [2.45, 2.75) is 18.7 Å². The Hall–Kier alpha value is -2.51. The summed E-state index contributed by atoms with van der Waals surface area (Å²) in [4.78, 5) is 12.1. The van der Waals surface area contributed by atoms with Crippen LogP contribution >= 0.6 is 23.4 Å². The summed E-state index contributed by atoms with van der Waals surface area (Å²) in [5.74, 6) is 1.58. The molecular weight excluding hydrogens is 384 g/mol. The van der Waals surface area contributed by atoms with E-state index in [0.29, 0.717) is 28.3 Å². The first-order valence-corrected chi connectivity index (χ1v) is 9.63. The number of rotatable bonds is 7. The van der Waals surface area contributed by atoms with Crippen LogP contribution in [0.25, 0.3) is 0 Å². The van der Waals surface area contributed by atoms with E-state index in [1.54, 1.807) is 24.3 Å². The second kappa shape index (κ2) is 8.92. The minimum atomic E-state index is -0.122. The minimum Gasteiger partial charge on any atom is -0.486 e. The molecule has 2 aromatic carbocycles. The molecule has 6 nitrogen and oxygen atoms in total. The Morgan fingerprint density at radius 1 is 1.15 bits per heavy atom. The van der Waals surface area contributed by atoms with Gasteiger partial charge in [-0.1, -0.05) is 41.1 Å². The molecule has 0 unspecified atom stereocenters. The fourth-order valence-corrected chi connectivity index (χ4v) is 3.10. The molecule has 0 radical (unpaired) electrons. The quantitative estimate of drug-likeness (QED) is 0.603. The fourth-order valence-electron chi connectivity index (χ4n) is 2.24. The average molecular weight is 403 g/mol. The Balaban J connectivity index is 1.51. The van der Waals surface area contributed by atoms with Gasteiger partial charge in [0.05, 0.1) is 5.75 Å². The van der Waals surface area contributed by atoms with Gasteiger partial charge in [-0.2, -0.15) is 0 Å². The molecule has 0 fully saturated rings. The van der Waals surface area contributed by atoms with Gasteiger partial charge in [0.2, 0.25) is 5.91 Å². The number of aromatic nitrogens is 3. The smallest absolute Gasteiger partial charge is 0.234 e. The summed E-state index contributed by atoms with van der Waals surface area (Å²) < 4.78 is 7.56. The van der Waals surface area contributed by atoms with Gasteiger partial charge in [-0.15, -0.1) is 10.2 Å². The number of carbonyl (C=O) groups excluding carboxylic acids is 1. The van der Waals surface area contributed by atoms with Crippen LogP contribution in [-0.4, -0.2) is 26.4 Å². The number of anilines is 1. The number of thioether (sulfide) groups is 1. The SMILES string of the molecule is Cc1ccc(OCc2nnc(SCC(=O)Nc3ccc(Cl)cc3)n2C)cc1. The van der Waals surface area contributed by atoms with Crippen LogP contribution in [0, 0.1) is 6.92 Å². The maximum atomic E-state index is 12.1. The van der Waals surface area contributed by atoms with Crippen LogP contribution in [0.5, 0.6) is 5.75 Å². The van der Waals surface area contributed by atoms with E-state index in [0.717, 1.165) is 5.75 Å². The van der Waals surface area contributed by atoms with Gasteiger partial charge >= 0.3 is 0 Å². The highest BCUT2D eigenvalue weighted by Crippen LogP contribution is 2.19. The third-order valence-electron chi connectivity index (χ3n) is 3.77. The number of ether oxygens (including phenoxy) is 1. The maximum absolute atomic E-state index is 12.1. The number of benzene rings is 2. The Kier molecular flexibility index (Phi) is 6.36. The Bertz CT molecular complexity index is 910. The van der Waals surface area contributed by atoms with Gasteiger partial charge < -0.3 is 14.6 Å². The molecule has 0 spiro atoms. The van der Waals surface area contributed by atoms with Crippen LogP contribution in [-0.2, 0) is 18.4 Å². The van der Waals surface area contributed by atoms with E-state index >= 15 is 0 Å². The Morgan fingerprint density at radius 3 is 2.56 bits per heavy atom. The summed E-state index contributed by atoms with van der Waals surface area (Å²) in [6, 6.07) is 14.8. The molecule has 1 heterocycles. The van der Waals surface area contributed by atoms with Gasteiger partial charge in [0.1, 0.15) is 12.4 Å². The average Bonchev–Trinajstić information content (AvgIpc) is 3.01. The summed E-state index contributed by atoms with van der Waals surface area (Å²) in [6.45, 7) is 2.34. The van der Waals surface area contributed by atoms with Gasteiger partial charge in [-0.05, 0) is 43.3 Å². The zero-order chi connectivity index (χ0) is 19.2. The third kappa shape index (κ3) is 5.48. The van der Waals surface area contributed by atoms with Crippen LogP contribution in [0.1, 0.15) is 11.4 Å². The number of aryl methyl sites for hydroxylation is 1. The third-order valence-corrected chi connectivity index (χ3v) is 5.05. The first kappa shape index (κ1) is 19.3. The first-order chi connectivity index (χ1) is 13.0. The molecular formula is C19H19ClN4O2S. The first-order valence-electron chi connectivity index (χ1n) is 8.27. The predicted octanol–water partition coefficient (Wildman–Crippen LogP) is 4.09. The molecule has 1 amide bonds. The zero-order valence-corrected chi connectivity index (χ0v) is 16.5. The second-order valence-electron chi connectivity index (χ2n) is 5.90. The topological polar surface area (TPSA) is 69.0 Å². The second-order valence-corrected chi connectivity index (χ2v) is 7.28. The standard InChI is InChI=1S/C19H19ClN4O2S/c1-13-3-9-16(10-4-13)26-11-17-22-23-19(24(17)2)27-12-18(25)21-15-7-5-14(20)6-8-15/h3-10H,11-12H2,1-2H3,(H,21,25). The number of hydrogen-bond donors (Lipinski definition) is 1. The van der Waals surface area contributed by atoms with Crippen molar-refractivity contribution in [1.29, 1.82) is 0 Å². The fraction of sp³-hybridized carbons (Fsp3) is 0.211. The summed E-state index contributed by atoms with van der Waals surface area (Å²) in [5, 5.41) is 12.4. The van der Waals surface area contributed by atoms with Crippen molar-refractivity contribution >= 4 is 35.0 Å². The van der Waals surface area contributed by atoms with Crippen molar-refractivity contribution in [3.8, 4) is 5.75 Å². The predicted molar refractivity (Wildman–Crippen MR) is 107 cm³/mol. The molecule has 0 atom stereocenters. The zero-order valence-electron chi connectivity index (χ0n) is 15.0. The van der Waals surface area contributed by atoms with Crippen LogP contribution in [0.15, 0.2) is 53.7 Å². The molecule has 27 heavy (non-hydrogen) atoms. The van der Waals surface area contributed by atoms with Crippen molar-refractivity contribution in [2.24, 2.45) is 7.05 Å². The largest absolute Gasteiger partial charge is 0.486 e. The maximum Gasteiger partial charge on any atom is 0.234 e. The lowest BCUT2D eigenvalue weighted by atomic mass is 10.2. The van der Waals surface area contributed by atoms with E-state index < -0.39 is 0 Å². The van der Waals surface area contributed by atoms with Gasteiger partial charge in [-0.25, -0.2) is 0 Å². The van der Waals surface area contributed by atoms with Crippen LogP contribution in [0.2, 0.25) is 5.02 Å². The molecule has 0 aliphatic heterocycles. The molecule has 0 saturated carbocycles. The van der Waals surface area contributed by atoms with Crippen molar-refractivity contribution in [2.75, 3.05) is 11.1 Å². The normalized spacial score (nSPS) is 10.6. The molecule has 3 aromatic rings. The highest BCUT2D eigenvalue weighted by Gasteiger charge is 2.12. The van der Waals surface area contributed by atoms with E-state index in [1.165, 1.54) is 17.3 Å². The summed E-state index contributed by atoms with van der Waals surface area (Å²) >= 11 is 7.15. The molecule has 8 heteroatoms. The summed E-state index contributed by atoms with van der Waals surface area (Å²) in [6.07, 6.45) is 0. The van der Waals surface area contributed by atoms with E-state index in [4.69, 9.17) is 16.3 Å². The summed E-state index contributed by atoms with van der Waals surface area (Å²) in [7, 11) is 1.85. The number of amides is 1. The summed E-state index contributed by atoms with van der Waals surface area (Å²) in [5.41, 5.74) is 1.88. The van der Waals surface area contributed by atoms with Gasteiger partial charge in [0.25, 0.3) is 0 Å². The van der Waals surface area contributed by atoms with E-state index in [9.17, 15) is 4.79 Å². The van der Waals surface area contributed by atoms with E-state index in [1.807, 2.05) is 42.8 Å². The van der Waals surface area contributed by atoms with Gasteiger partial charge in [0.15, 0.2) is 11.0 Å². The van der Waals surface area contributed by atoms with Crippen LogP contribution < -0.4 is 10.1 Å². The molecule has 0 aliphatic rings. The molecule has 3 rings (SSSR count). The Labute approximate surface area is 166 Å². The minimum absolute atomic E-state index is 0.122. The molecule has 1 aromatic heterocycles. The lowest BCUT2D eigenvalue weighted by molar-refractivity contribution is -0.113.